The first kappa shape index (κ1) is 24.1. The number of hydrogen-bond donors (Lipinski definition) is 1. The smallest absolute Gasteiger partial charge is 0.223 e. The van der Waals surface area contributed by atoms with Crippen molar-refractivity contribution in [3.63, 3.8) is 0 Å². The first-order valence-corrected chi connectivity index (χ1v) is 11.5. The van der Waals surface area contributed by atoms with Crippen LogP contribution in [0.25, 0.3) is 0 Å². The quantitative estimate of drug-likeness (QED) is 0.575. The standard InChI is InChI=1S/C26H36N2O4/c1-20-7-8-25(17-21(20)2)31-15-11-26(29)27-19-22-5-4-6-24(18-22)32-16-12-28(3)23-9-13-30-14-10-23/h4-8,17-18,23H,9-16,19H2,1-3H3,(H,27,29). The Labute approximate surface area is 191 Å². The van der Waals surface area contributed by atoms with Crippen molar-refractivity contribution in [2.45, 2.75) is 45.7 Å². The van der Waals surface area contributed by atoms with E-state index < -0.39 is 0 Å². The third kappa shape index (κ3) is 7.84. The molecule has 0 aromatic heterocycles. The van der Waals surface area contributed by atoms with Crippen molar-refractivity contribution in [2.75, 3.05) is 40.0 Å². The maximum atomic E-state index is 12.2. The van der Waals surface area contributed by atoms with Gasteiger partial charge in [-0.25, -0.2) is 0 Å². The summed E-state index contributed by atoms with van der Waals surface area (Å²) < 4.78 is 17.1. The van der Waals surface area contributed by atoms with E-state index in [-0.39, 0.29) is 5.91 Å². The molecule has 6 nitrogen and oxygen atoms in total. The van der Waals surface area contributed by atoms with Crippen LogP contribution in [0, 0.1) is 13.8 Å². The van der Waals surface area contributed by atoms with Crippen LogP contribution in [0.1, 0.15) is 36.0 Å². The van der Waals surface area contributed by atoms with Gasteiger partial charge in [-0.05, 0) is 74.7 Å². The van der Waals surface area contributed by atoms with Crippen LogP contribution >= 0.6 is 0 Å². The second-order valence-corrected chi connectivity index (χ2v) is 8.44. The molecule has 0 bridgehead atoms. The van der Waals surface area contributed by atoms with E-state index in [1.807, 2.05) is 42.5 Å². The van der Waals surface area contributed by atoms with Gasteiger partial charge < -0.3 is 19.5 Å². The zero-order valence-corrected chi connectivity index (χ0v) is 19.6. The Bertz CT molecular complexity index is 865. The summed E-state index contributed by atoms with van der Waals surface area (Å²) >= 11 is 0. The summed E-state index contributed by atoms with van der Waals surface area (Å²) in [6, 6.07) is 14.4. The molecule has 1 aliphatic rings. The molecule has 1 heterocycles. The molecule has 1 aliphatic heterocycles. The molecular formula is C26H36N2O4. The Morgan fingerprint density at radius 2 is 1.78 bits per heavy atom. The van der Waals surface area contributed by atoms with Crippen LogP contribution in [0.4, 0.5) is 0 Å². The fourth-order valence-electron chi connectivity index (χ4n) is 3.72. The van der Waals surface area contributed by atoms with Crippen LogP contribution in [-0.4, -0.2) is 56.9 Å². The maximum Gasteiger partial charge on any atom is 0.223 e. The van der Waals surface area contributed by atoms with Crippen molar-refractivity contribution in [3.8, 4) is 11.5 Å². The minimum Gasteiger partial charge on any atom is -0.493 e. The Kier molecular flexibility index (Phi) is 9.38. The average Bonchev–Trinajstić information content (AvgIpc) is 2.81. The maximum absolute atomic E-state index is 12.2. The molecule has 3 rings (SSSR count). The molecule has 0 saturated carbocycles. The number of amides is 1. The molecule has 174 valence electrons. The fraction of sp³-hybridized carbons (Fsp3) is 0.500. The Balaban J connectivity index is 1.34. The van der Waals surface area contributed by atoms with Crippen LogP contribution in [0.15, 0.2) is 42.5 Å². The summed E-state index contributed by atoms with van der Waals surface area (Å²) in [5.41, 5.74) is 3.43. The van der Waals surface area contributed by atoms with Crippen molar-refractivity contribution >= 4 is 5.91 Å². The summed E-state index contributed by atoms with van der Waals surface area (Å²) in [6.07, 6.45) is 2.49. The van der Waals surface area contributed by atoms with E-state index in [0.29, 0.717) is 32.2 Å². The summed E-state index contributed by atoms with van der Waals surface area (Å²) in [5, 5.41) is 2.96. The number of rotatable bonds is 11. The number of ether oxygens (including phenoxy) is 3. The molecule has 0 atom stereocenters. The van der Waals surface area contributed by atoms with Crippen LogP contribution < -0.4 is 14.8 Å². The van der Waals surface area contributed by atoms with Crippen LogP contribution in [0.3, 0.4) is 0 Å². The third-order valence-electron chi connectivity index (χ3n) is 5.99. The SMILES string of the molecule is Cc1ccc(OCCC(=O)NCc2cccc(OCCN(C)C3CCOCC3)c2)cc1C. The molecule has 0 spiro atoms. The second-order valence-electron chi connectivity index (χ2n) is 8.44. The number of carbonyl (C=O) groups is 1. The number of benzene rings is 2. The van der Waals surface area contributed by atoms with Gasteiger partial charge in [0.15, 0.2) is 0 Å². The molecule has 6 heteroatoms. The molecular weight excluding hydrogens is 404 g/mol. The first-order valence-electron chi connectivity index (χ1n) is 11.5. The number of likely N-dealkylation sites (N-methyl/N-ethyl adjacent to an activating group) is 1. The van der Waals surface area contributed by atoms with E-state index in [1.54, 1.807) is 0 Å². The normalized spacial score (nSPS) is 14.4. The molecule has 0 aliphatic carbocycles. The summed E-state index contributed by atoms with van der Waals surface area (Å²) in [7, 11) is 2.15. The van der Waals surface area contributed by atoms with Crippen molar-refractivity contribution in [3.05, 3.63) is 59.2 Å². The summed E-state index contributed by atoms with van der Waals surface area (Å²) in [5.74, 6) is 1.60. The van der Waals surface area contributed by atoms with Gasteiger partial charge in [-0.3, -0.25) is 9.69 Å². The van der Waals surface area contributed by atoms with Gasteiger partial charge in [-0.15, -0.1) is 0 Å². The highest BCUT2D eigenvalue weighted by atomic mass is 16.5. The molecule has 1 fully saturated rings. The summed E-state index contributed by atoms with van der Waals surface area (Å²) in [6.45, 7) is 8.17. The predicted octanol–water partition coefficient (Wildman–Crippen LogP) is 3.88. The first-order chi connectivity index (χ1) is 15.5. The number of aryl methyl sites for hydroxylation is 2. The molecule has 2 aromatic carbocycles. The highest BCUT2D eigenvalue weighted by molar-refractivity contribution is 5.76. The monoisotopic (exact) mass is 440 g/mol. The average molecular weight is 441 g/mol. The van der Waals surface area contributed by atoms with Crippen LogP contribution in [0.5, 0.6) is 11.5 Å². The van der Waals surface area contributed by atoms with E-state index in [9.17, 15) is 4.79 Å². The van der Waals surface area contributed by atoms with Crippen molar-refractivity contribution in [1.82, 2.24) is 10.2 Å². The molecule has 2 aromatic rings. The zero-order valence-electron chi connectivity index (χ0n) is 19.6. The molecule has 1 saturated heterocycles. The van der Waals surface area contributed by atoms with Gasteiger partial charge in [-0.1, -0.05) is 18.2 Å². The van der Waals surface area contributed by atoms with Crippen molar-refractivity contribution < 1.29 is 19.0 Å². The molecule has 1 N–H and O–H groups in total. The van der Waals surface area contributed by atoms with E-state index in [0.717, 1.165) is 49.7 Å². The minimum atomic E-state index is -0.0294. The predicted molar refractivity (Wildman–Crippen MR) is 126 cm³/mol. The Morgan fingerprint density at radius 3 is 2.56 bits per heavy atom. The van der Waals surface area contributed by atoms with E-state index in [2.05, 4.69) is 31.1 Å². The van der Waals surface area contributed by atoms with Gasteiger partial charge >= 0.3 is 0 Å². The van der Waals surface area contributed by atoms with Crippen LogP contribution in [0.2, 0.25) is 0 Å². The van der Waals surface area contributed by atoms with Gasteiger partial charge in [0.2, 0.25) is 5.91 Å². The zero-order chi connectivity index (χ0) is 22.8. The van der Waals surface area contributed by atoms with E-state index >= 15 is 0 Å². The van der Waals surface area contributed by atoms with Crippen molar-refractivity contribution in [2.24, 2.45) is 0 Å². The molecule has 0 unspecified atom stereocenters. The Morgan fingerprint density at radius 1 is 1.03 bits per heavy atom. The highest BCUT2D eigenvalue weighted by Gasteiger charge is 2.18. The highest BCUT2D eigenvalue weighted by Crippen LogP contribution is 2.17. The topological polar surface area (TPSA) is 60.0 Å². The molecule has 32 heavy (non-hydrogen) atoms. The second kappa shape index (κ2) is 12.5. The number of nitrogens with one attached hydrogen (secondary N) is 1. The van der Waals surface area contributed by atoms with Gasteiger partial charge in [0.05, 0.1) is 13.0 Å². The van der Waals surface area contributed by atoms with Gasteiger partial charge in [0.25, 0.3) is 0 Å². The van der Waals surface area contributed by atoms with Gasteiger partial charge in [0, 0.05) is 32.3 Å². The lowest BCUT2D eigenvalue weighted by Crippen LogP contribution is -2.38. The lowest BCUT2D eigenvalue weighted by molar-refractivity contribution is -0.121. The number of nitrogens with zero attached hydrogens (tertiary/aromatic N) is 1. The lowest BCUT2D eigenvalue weighted by atomic mass is 10.1. The van der Waals surface area contributed by atoms with Crippen LogP contribution in [-0.2, 0) is 16.1 Å². The van der Waals surface area contributed by atoms with Gasteiger partial charge in [0.1, 0.15) is 18.1 Å². The lowest BCUT2D eigenvalue weighted by Gasteiger charge is -2.31. The van der Waals surface area contributed by atoms with Gasteiger partial charge in [-0.2, -0.15) is 0 Å². The van der Waals surface area contributed by atoms with Crippen molar-refractivity contribution in [1.29, 1.82) is 0 Å². The number of carbonyl (C=O) groups excluding carboxylic acids is 1. The van der Waals surface area contributed by atoms with E-state index in [1.165, 1.54) is 11.1 Å². The molecule has 1 amide bonds. The molecule has 0 radical (unpaired) electrons. The number of hydrogen-bond acceptors (Lipinski definition) is 5. The van der Waals surface area contributed by atoms with E-state index in [4.69, 9.17) is 14.2 Å². The summed E-state index contributed by atoms with van der Waals surface area (Å²) in [4.78, 5) is 14.5. The third-order valence-corrected chi connectivity index (χ3v) is 5.99. The largest absolute Gasteiger partial charge is 0.493 e. The Hall–Kier alpha value is -2.57. The fourth-order valence-corrected chi connectivity index (χ4v) is 3.72. The minimum absolute atomic E-state index is 0.0294.